The molecule has 2 aromatic rings. The Labute approximate surface area is 155 Å². The summed E-state index contributed by atoms with van der Waals surface area (Å²) in [6.07, 6.45) is 0.660. The van der Waals surface area contributed by atoms with Crippen LogP contribution in [0.1, 0.15) is 36.6 Å². The van der Waals surface area contributed by atoms with Gasteiger partial charge < -0.3 is 9.84 Å². The standard InChI is InChI=1S/C20H25NO4S/c1-14(2)25-20-9-8-17(12-15(20)3)26(23,24)21-11-10-16-6-4-5-7-18(16)19(21)13-22/h4-9,12,14,19,22H,10-11,13H2,1-3H3/t19-/m0/s1. The van der Waals surface area contributed by atoms with E-state index < -0.39 is 16.1 Å². The van der Waals surface area contributed by atoms with E-state index in [0.717, 1.165) is 16.7 Å². The van der Waals surface area contributed by atoms with E-state index in [1.54, 1.807) is 18.2 Å². The summed E-state index contributed by atoms with van der Waals surface area (Å²) in [5.74, 6) is 0.682. The van der Waals surface area contributed by atoms with Crippen LogP contribution in [0.4, 0.5) is 0 Å². The van der Waals surface area contributed by atoms with Crippen molar-refractivity contribution in [3.05, 3.63) is 59.2 Å². The fourth-order valence-electron chi connectivity index (χ4n) is 3.41. The second-order valence-corrected chi connectivity index (χ2v) is 8.75. The molecule has 0 aliphatic carbocycles. The van der Waals surface area contributed by atoms with Crippen molar-refractivity contribution in [1.29, 1.82) is 0 Å². The minimum Gasteiger partial charge on any atom is -0.491 e. The number of nitrogens with zero attached hydrogens (tertiary/aromatic N) is 1. The molecule has 0 saturated heterocycles. The lowest BCUT2D eigenvalue weighted by Crippen LogP contribution is -2.41. The highest BCUT2D eigenvalue weighted by atomic mass is 32.2. The molecule has 1 aliphatic heterocycles. The van der Waals surface area contributed by atoms with Crippen LogP contribution in [-0.4, -0.2) is 37.1 Å². The number of sulfonamides is 1. The molecular weight excluding hydrogens is 350 g/mol. The number of fused-ring (bicyclic) bond motifs is 1. The average molecular weight is 375 g/mol. The van der Waals surface area contributed by atoms with E-state index in [9.17, 15) is 13.5 Å². The normalized spacial score (nSPS) is 18.0. The molecule has 1 N–H and O–H groups in total. The molecule has 1 aliphatic rings. The average Bonchev–Trinajstić information content (AvgIpc) is 2.61. The monoisotopic (exact) mass is 375 g/mol. The maximum Gasteiger partial charge on any atom is 0.243 e. The lowest BCUT2D eigenvalue weighted by atomic mass is 9.95. The molecule has 140 valence electrons. The summed E-state index contributed by atoms with van der Waals surface area (Å²) in [6.45, 7) is 5.81. The van der Waals surface area contributed by atoms with Crippen LogP contribution in [0.5, 0.6) is 5.75 Å². The van der Waals surface area contributed by atoms with E-state index in [0.29, 0.717) is 18.7 Å². The Kier molecular flexibility index (Phi) is 5.37. The Morgan fingerprint density at radius 1 is 1.23 bits per heavy atom. The van der Waals surface area contributed by atoms with Crippen molar-refractivity contribution in [3.8, 4) is 5.75 Å². The largest absolute Gasteiger partial charge is 0.491 e. The van der Waals surface area contributed by atoms with Gasteiger partial charge in [0.05, 0.1) is 23.6 Å². The fraction of sp³-hybridized carbons (Fsp3) is 0.400. The molecule has 26 heavy (non-hydrogen) atoms. The van der Waals surface area contributed by atoms with E-state index in [-0.39, 0.29) is 17.6 Å². The van der Waals surface area contributed by atoms with Crippen molar-refractivity contribution < 1.29 is 18.3 Å². The number of ether oxygens (including phenoxy) is 1. The van der Waals surface area contributed by atoms with Gasteiger partial charge in [-0.15, -0.1) is 0 Å². The molecule has 0 saturated carbocycles. The predicted octanol–water partition coefficient (Wildman–Crippen LogP) is 3.06. The van der Waals surface area contributed by atoms with Gasteiger partial charge in [-0.05, 0) is 62.1 Å². The van der Waals surface area contributed by atoms with Crippen molar-refractivity contribution in [2.24, 2.45) is 0 Å². The van der Waals surface area contributed by atoms with Gasteiger partial charge in [-0.2, -0.15) is 4.31 Å². The number of hydrogen-bond donors (Lipinski definition) is 1. The summed E-state index contributed by atoms with van der Waals surface area (Å²) < 4.78 is 33.6. The maximum absolute atomic E-state index is 13.2. The van der Waals surface area contributed by atoms with E-state index in [1.165, 1.54) is 4.31 Å². The number of aliphatic hydroxyl groups is 1. The van der Waals surface area contributed by atoms with Crippen LogP contribution in [0, 0.1) is 6.92 Å². The van der Waals surface area contributed by atoms with Gasteiger partial charge in [0.25, 0.3) is 0 Å². The number of aliphatic hydroxyl groups excluding tert-OH is 1. The summed E-state index contributed by atoms with van der Waals surface area (Å²) >= 11 is 0. The molecule has 0 amide bonds. The molecule has 5 nitrogen and oxygen atoms in total. The topological polar surface area (TPSA) is 66.8 Å². The number of aryl methyl sites for hydroxylation is 1. The molecule has 2 aromatic carbocycles. The molecule has 0 aromatic heterocycles. The summed E-state index contributed by atoms with van der Waals surface area (Å²) in [7, 11) is -3.72. The Balaban J connectivity index is 1.97. The highest BCUT2D eigenvalue weighted by Crippen LogP contribution is 2.34. The van der Waals surface area contributed by atoms with Crippen LogP contribution in [0.2, 0.25) is 0 Å². The molecule has 0 fully saturated rings. The van der Waals surface area contributed by atoms with Crippen LogP contribution in [-0.2, 0) is 16.4 Å². The third kappa shape index (κ3) is 3.49. The Morgan fingerprint density at radius 2 is 1.96 bits per heavy atom. The van der Waals surface area contributed by atoms with Crippen LogP contribution < -0.4 is 4.74 Å². The highest BCUT2D eigenvalue weighted by Gasteiger charge is 2.36. The molecule has 1 heterocycles. The molecule has 0 unspecified atom stereocenters. The number of hydrogen-bond acceptors (Lipinski definition) is 4. The molecule has 0 bridgehead atoms. The first-order chi connectivity index (χ1) is 12.3. The smallest absolute Gasteiger partial charge is 0.243 e. The second-order valence-electron chi connectivity index (χ2n) is 6.86. The van der Waals surface area contributed by atoms with Gasteiger partial charge in [0.2, 0.25) is 10.0 Å². The van der Waals surface area contributed by atoms with Gasteiger partial charge in [-0.25, -0.2) is 8.42 Å². The van der Waals surface area contributed by atoms with Crippen molar-refractivity contribution in [2.75, 3.05) is 13.2 Å². The Hall–Kier alpha value is -1.89. The zero-order valence-electron chi connectivity index (χ0n) is 15.3. The first kappa shape index (κ1) is 18.9. The van der Waals surface area contributed by atoms with Gasteiger partial charge in [0.15, 0.2) is 0 Å². The maximum atomic E-state index is 13.2. The number of benzene rings is 2. The molecule has 3 rings (SSSR count). The summed E-state index contributed by atoms with van der Waals surface area (Å²) in [4.78, 5) is 0.226. The summed E-state index contributed by atoms with van der Waals surface area (Å²) in [6, 6.07) is 12.1. The molecule has 6 heteroatoms. The van der Waals surface area contributed by atoms with Gasteiger partial charge in [-0.3, -0.25) is 0 Å². The lowest BCUT2D eigenvalue weighted by molar-refractivity contribution is 0.180. The fourth-order valence-corrected chi connectivity index (χ4v) is 5.09. The van der Waals surface area contributed by atoms with Gasteiger partial charge in [0.1, 0.15) is 5.75 Å². The van der Waals surface area contributed by atoms with Crippen molar-refractivity contribution in [3.63, 3.8) is 0 Å². The van der Waals surface area contributed by atoms with Crippen molar-refractivity contribution in [2.45, 2.75) is 44.2 Å². The van der Waals surface area contributed by atoms with Crippen LogP contribution >= 0.6 is 0 Å². The van der Waals surface area contributed by atoms with Gasteiger partial charge in [-0.1, -0.05) is 24.3 Å². The van der Waals surface area contributed by atoms with Crippen molar-refractivity contribution >= 4 is 10.0 Å². The van der Waals surface area contributed by atoms with Crippen LogP contribution in [0.3, 0.4) is 0 Å². The van der Waals surface area contributed by atoms with Gasteiger partial charge in [0, 0.05) is 6.54 Å². The first-order valence-electron chi connectivity index (χ1n) is 8.82. The number of rotatable bonds is 5. The van der Waals surface area contributed by atoms with Gasteiger partial charge >= 0.3 is 0 Å². The summed E-state index contributed by atoms with van der Waals surface area (Å²) in [5.41, 5.74) is 2.74. The molecule has 1 atom stereocenters. The minimum absolute atomic E-state index is 0.0218. The third-order valence-electron chi connectivity index (χ3n) is 4.65. The zero-order chi connectivity index (χ0) is 18.9. The predicted molar refractivity (Wildman–Crippen MR) is 101 cm³/mol. The molecule has 0 radical (unpaired) electrons. The minimum atomic E-state index is -3.72. The van der Waals surface area contributed by atoms with Crippen molar-refractivity contribution in [1.82, 2.24) is 4.31 Å². The highest BCUT2D eigenvalue weighted by molar-refractivity contribution is 7.89. The van der Waals surface area contributed by atoms with Crippen LogP contribution in [0.25, 0.3) is 0 Å². The third-order valence-corrected chi connectivity index (χ3v) is 6.56. The first-order valence-corrected chi connectivity index (χ1v) is 10.3. The van der Waals surface area contributed by atoms with E-state index >= 15 is 0 Å². The Bertz CT molecular complexity index is 892. The SMILES string of the molecule is Cc1cc(S(=O)(=O)N2CCc3ccccc3[C@@H]2CO)ccc1OC(C)C. The molecular formula is C20H25NO4S. The summed E-state index contributed by atoms with van der Waals surface area (Å²) in [5, 5.41) is 9.89. The Morgan fingerprint density at radius 3 is 2.62 bits per heavy atom. The quantitative estimate of drug-likeness (QED) is 0.872. The van der Waals surface area contributed by atoms with E-state index in [2.05, 4.69) is 0 Å². The lowest BCUT2D eigenvalue weighted by Gasteiger charge is -2.35. The molecule has 0 spiro atoms. The second kappa shape index (κ2) is 7.39. The zero-order valence-corrected chi connectivity index (χ0v) is 16.2. The van der Waals surface area contributed by atoms with Crippen LogP contribution in [0.15, 0.2) is 47.4 Å². The van der Waals surface area contributed by atoms with E-state index in [1.807, 2.05) is 45.0 Å². The van der Waals surface area contributed by atoms with E-state index in [4.69, 9.17) is 4.74 Å².